The SMILES string of the molecule is NCC1(NC(=O)c2ccccc2O)CCC1. The molecule has 0 saturated heterocycles. The molecule has 0 heterocycles. The summed E-state index contributed by atoms with van der Waals surface area (Å²) in [6, 6.07) is 6.52. The van der Waals surface area contributed by atoms with Crippen molar-refractivity contribution in [2.75, 3.05) is 6.54 Å². The van der Waals surface area contributed by atoms with E-state index < -0.39 is 0 Å². The van der Waals surface area contributed by atoms with Crippen molar-refractivity contribution in [1.29, 1.82) is 0 Å². The number of para-hydroxylation sites is 1. The van der Waals surface area contributed by atoms with E-state index in [2.05, 4.69) is 5.32 Å². The van der Waals surface area contributed by atoms with Gasteiger partial charge >= 0.3 is 0 Å². The molecular weight excluding hydrogens is 204 g/mol. The molecule has 4 N–H and O–H groups in total. The first-order chi connectivity index (χ1) is 7.67. The Bertz CT molecular complexity index is 394. The highest BCUT2D eigenvalue weighted by atomic mass is 16.3. The first-order valence-corrected chi connectivity index (χ1v) is 5.47. The van der Waals surface area contributed by atoms with Crippen LogP contribution in [0, 0.1) is 0 Å². The molecule has 4 heteroatoms. The lowest BCUT2D eigenvalue weighted by atomic mass is 9.76. The zero-order chi connectivity index (χ0) is 11.6. The Labute approximate surface area is 94.5 Å². The summed E-state index contributed by atoms with van der Waals surface area (Å²) < 4.78 is 0. The first-order valence-electron chi connectivity index (χ1n) is 5.47. The summed E-state index contributed by atoms with van der Waals surface area (Å²) in [6.45, 7) is 0.451. The number of phenols is 1. The van der Waals surface area contributed by atoms with Crippen molar-refractivity contribution >= 4 is 5.91 Å². The molecule has 1 aromatic rings. The summed E-state index contributed by atoms with van der Waals surface area (Å²) in [6.07, 6.45) is 2.93. The van der Waals surface area contributed by atoms with Crippen molar-refractivity contribution in [3.8, 4) is 5.75 Å². The molecule has 1 aliphatic rings. The summed E-state index contributed by atoms with van der Waals surface area (Å²) in [4.78, 5) is 11.9. The number of benzene rings is 1. The van der Waals surface area contributed by atoms with Crippen LogP contribution in [-0.4, -0.2) is 23.1 Å². The van der Waals surface area contributed by atoms with E-state index >= 15 is 0 Å². The quantitative estimate of drug-likeness (QED) is 0.711. The molecule has 0 unspecified atom stereocenters. The third-order valence-corrected chi connectivity index (χ3v) is 3.23. The standard InChI is InChI=1S/C12H16N2O2/c13-8-12(6-3-7-12)14-11(16)9-4-1-2-5-10(9)15/h1-2,4-5,15H,3,6-8,13H2,(H,14,16). The molecule has 0 aromatic heterocycles. The Balaban J connectivity index is 2.11. The topological polar surface area (TPSA) is 75.3 Å². The molecule has 0 bridgehead atoms. The fourth-order valence-electron chi connectivity index (χ4n) is 1.96. The van der Waals surface area contributed by atoms with Crippen LogP contribution in [0.2, 0.25) is 0 Å². The molecule has 1 saturated carbocycles. The van der Waals surface area contributed by atoms with Crippen LogP contribution in [0.5, 0.6) is 5.75 Å². The van der Waals surface area contributed by atoms with Gasteiger partial charge in [-0.05, 0) is 31.4 Å². The predicted molar refractivity (Wildman–Crippen MR) is 61.2 cm³/mol. The van der Waals surface area contributed by atoms with E-state index in [-0.39, 0.29) is 17.2 Å². The molecule has 86 valence electrons. The van der Waals surface area contributed by atoms with Gasteiger partial charge in [0.05, 0.1) is 11.1 Å². The zero-order valence-electron chi connectivity index (χ0n) is 9.07. The second kappa shape index (κ2) is 4.14. The molecule has 1 fully saturated rings. The van der Waals surface area contributed by atoms with E-state index in [1.54, 1.807) is 18.2 Å². The van der Waals surface area contributed by atoms with Crippen molar-refractivity contribution in [2.24, 2.45) is 5.73 Å². The van der Waals surface area contributed by atoms with Crippen molar-refractivity contribution < 1.29 is 9.90 Å². The van der Waals surface area contributed by atoms with Gasteiger partial charge < -0.3 is 16.2 Å². The van der Waals surface area contributed by atoms with Gasteiger partial charge in [-0.1, -0.05) is 12.1 Å². The minimum Gasteiger partial charge on any atom is -0.507 e. The monoisotopic (exact) mass is 220 g/mol. The molecule has 0 aliphatic heterocycles. The number of hydrogen-bond donors (Lipinski definition) is 3. The summed E-state index contributed by atoms with van der Waals surface area (Å²) >= 11 is 0. The predicted octanol–water partition coefficient (Wildman–Crippen LogP) is 1.00. The van der Waals surface area contributed by atoms with Gasteiger partial charge in [-0.15, -0.1) is 0 Å². The molecular formula is C12H16N2O2. The van der Waals surface area contributed by atoms with E-state index in [1.165, 1.54) is 6.07 Å². The lowest BCUT2D eigenvalue weighted by molar-refractivity contribution is 0.0835. The van der Waals surface area contributed by atoms with Crippen LogP contribution in [0.1, 0.15) is 29.6 Å². The second-order valence-corrected chi connectivity index (χ2v) is 4.31. The number of carbonyl (C=O) groups excluding carboxylic acids is 1. The molecule has 0 atom stereocenters. The molecule has 1 aromatic carbocycles. The third-order valence-electron chi connectivity index (χ3n) is 3.23. The van der Waals surface area contributed by atoms with Crippen molar-refractivity contribution in [3.05, 3.63) is 29.8 Å². The van der Waals surface area contributed by atoms with E-state index in [9.17, 15) is 9.90 Å². The molecule has 0 spiro atoms. The molecule has 4 nitrogen and oxygen atoms in total. The summed E-state index contributed by atoms with van der Waals surface area (Å²) in [7, 11) is 0. The number of carbonyl (C=O) groups is 1. The minimum absolute atomic E-state index is 0.00601. The van der Waals surface area contributed by atoms with Crippen LogP contribution in [-0.2, 0) is 0 Å². The van der Waals surface area contributed by atoms with E-state index in [0.29, 0.717) is 12.1 Å². The highest BCUT2D eigenvalue weighted by Crippen LogP contribution is 2.31. The fourth-order valence-corrected chi connectivity index (χ4v) is 1.96. The van der Waals surface area contributed by atoms with Crippen molar-refractivity contribution in [3.63, 3.8) is 0 Å². The molecule has 1 amide bonds. The van der Waals surface area contributed by atoms with Gasteiger partial charge in [0.1, 0.15) is 5.75 Å². The lowest BCUT2D eigenvalue weighted by Crippen LogP contribution is -2.58. The smallest absolute Gasteiger partial charge is 0.255 e. The van der Waals surface area contributed by atoms with Gasteiger partial charge in [-0.25, -0.2) is 0 Å². The third kappa shape index (κ3) is 1.88. The van der Waals surface area contributed by atoms with Crippen molar-refractivity contribution in [1.82, 2.24) is 5.32 Å². The Morgan fingerprint density at radius 1 is 1.44 bits per heavy atom. The highest BCUT2D eigenvalue weighted by molar-refractivity contribution is 5.97. The van der Waals surface area contributed by atoms with Gasteiger partial charge in [-0.3, -0.25) is 4.79 Å². The van der Waals surface area contributed by atoms with Gasteiger partial charge in [0, 0.05) is 6.54 Å². The van der Waals surface area contributed by atoms with Crippen LogP contribution >= 0.6 is 0 Å². The Morgan fingerprint density at radius 3 is 2.62 bits per heavy atom. The van der Waals surface area contributed by atoms with Crippen LogP contribution < -0.4 is 11.1 Å². The summed E-state index contributed by atoms with van der Waals surface area (Å²) in [5, 5.41) is 12.5. The maximum Gasteiger partial charge on any atom is 0.255 e. The Hall–Kier alpha value is -1.55. The van der Waals surface area contributed by atoms with Crippen LogP contribution in [0.25, 0.3) is 0 Å². The second-order valence-electron chi connectivity index (χ2n) is 4.31. The average molecular weight is 220 g/mol. The summed E-state index contributed by atoms with van der Waals surface area (Å²) in [5.74, 6) is -0.241. The minimum atomic E-state index is -0.251. The average Bonchev–Trinajstić information content (AvgIpc) is 2.24. The van der Waals surface area contributed by atoms with E-state index in [4.69, 9.17) is 5.73 Å². The highest BCUT2D eigenvalue weighted by Gasteiger charge is 2.37. The number of hydrogen-bond acceptors (Lipinski definition) is 3. The Kier molecular flexibility index (Phi) is 2.83. The maximum atomic E-state index is 11.9. The molecule has 16 heavy (non-hydrogen) atoms. The largest absolute Gasteiger partial charge is 0.507 e. The number of nitrogens with one attached hydrogen (secondary N) is 1. The molecule has 1 aliphatic carbocycles. The fraction of sp³-hybridized carbons (Fsp3) is 0.417. The normalized spacial score (nSPS) is 17.6. The van der Waals surface area contributed by atoms with Crippen LogP contribution in [0.15, 0.2) is 24.3 Å². The first kappa shape index (κ1) is 11.0. The van der Waals surface area contributed by atoms with Gasteiger partial charge in [0.15, 0.2) is 0 Å². The maximum absolute atomic E-state index is 11.9. The zero-order valence-corrected chi connectivity index (χ0v) is 9.07. The number of aromatic hydroxyl groups is 1. The Morgan fingerprint density at radius 2 is 2.12 bits per heavy atom. The van der Waals surface area contributed by atoms with Gasteiger partial charge in [-0.2, -0.15) is 0 Å². The number of nitrogens with two attached hydrogens (primary N) is 1. The number of amides is 1. The van der Waals surface area contributed by atoms with Crippen LogP contribution in [0.3, 0.4) is 0 Å². The van der Waals surface area contributed by atoms with Crippen molar-refractivity contribution in [2.45, 2.75) is 24.8 Å². The molecule has 0 radical (unpaired) electrons. The summed E-state index contributed by atoms with van der Waals surface area (Å²) in [5.41, 5.74) is 5.71. The number of phenolic OH excluding ortho intramolecular Hbond substituents is 1. The van der Waals surface area contributed by atoms with E-state index in [0.717, 1.165) is 19.3 Å². The van der Waals surface area contributed by atoms with Gasteiger partial charge in [0.2, 0.25) is 0 Å². The van der Waals surface area contributed by atoms with E-state index in [1.807, 2.05) is 0 Å². The number of rotatable bonds is 3. The lowest BCUT2D eigenvalue weighted by Gasteiger charge is -2.41. The van der Waals surface area contributed by atoms with Crippen LogP contribution in [0.4, 0.5) is 0 Å². The van der Waals surface area contributed by atoms with Gasteiger partial charge in [0.25, 0.3) is 5.91 Å². The molecule has 2 rings (SSSR count).